The van der Waals surface area contributed by atoms with E-state index >= 15 is 0 Å². The molecular weight excluding hydrogens is 226 g/mol. The van der Waals surface area contributed by atoms with E-state index in [-0.39, 0.29) is 12.1 Å². The van der Waals surface area contributed by atoms with E-state index in [9.17, 15) is 4.79 Å². The van der Waals surface area contributed by atoms with Crippen molar-refractivity contribution in [1.29, 1.82) is 0 Å². The molecule has 0 aliphatic rings. The molecule has 0 spiro atoms. The van der Waals surface area contributed by atoms with Gasteiger partial charge in [-0.15, -0.1) is 0 Å². The van der Waals surface area contributed by atoms with Crippen molar-refractivity contribution in [2.75, 3.05) is 0 Å². The van der Waals surface area contributed by atoms with E-state index in [2.05, 4.69) is 24.4 Å². The molecule has 0 aliphatic carbocycles. The summed E-state index contributed by atoms with van der Waals surface area (Å²) in [5.74, 6) is 0. The number of ether oxygens (including phenoxy) is 1. The lowest BCUT2D eigenvalue weighted by Gasteiger charge is -2.23. The molecule has 3 heteroatoms. The van der Waals surface area contributed by atoms with Crippen LogP contribution in [0.2, 0.25) is 0 Å². The number of carbonyl (C=O) groups is 1. The molecular formula is C15H23NO2. The van der Waals surface area contributed by atoms with Crippen LogP contribution in [0.1, 0.15) is 39.7 Å². The van der Waals surface area contributed by atoms with Crippen molar-refractivity contribution in [1.82, 2.24) is 5.32 Å². The summed E-state index contributed by atoms with van der Waals surface area (Å²) in [7, 11) is 0. The molecule has 0 fully saturated rings. The molecule has 1 aromatic carbocycles. The molecule has 1 aromatic rings. The molecule has 3 nitrogen and oxygen atoms in total. The zero-order valence-electron chi connectivity index (χ0n) is 11.7. The lowest BCUT2D eigenvalue weighted by molar-refractivity contribution is 0.0503. The van der Waals surface area contributed by atoms with Crippen LogP contribution in [0.4, 0.5) is 4.79 Å². The number of carbonyl (C=O) groups excluding carboxylic acids is 1. The summed E-state index contributed by atoms with van der Waals surface area (Å²) in [5, 5.41) is 2.91. The van der Waals surface area contributed by atoms with Crippen LogP contribution in [0.15, 0.2) is 30.3 Å². The Morgan fingerprint density at radius 3 is 2.39 bits per heavy atom. The average molecular weight is 249 g/mol. The van der Waals surface area contributed by atoms with Crippen LogP contribution >= 0.6 is 0 Å². The highest BCUT2D eigenvalue weighted by Crippen LogP contribution is 2.09. The number of hydrogen-bond acceptors (Lipinski definition) is 2. The standard InChI is InChI=1S/C15H23NO2/c1-5-13(11-12-9-7-6-8-10-12)16-14(17)18-15(2,3)4/h6-10,13H,5,11H2,1-4H3,(H,16,17)/t13-/m0/s1. The topological polar surface area (TPSA) is 38.3 Å². The zero-order chi connectivity index (χ0) is 13.6. The first kappa shape index (κ1) is 14.6. The van der Waals surface area contributed by atoms with E-state index < -0.39 is 5.60 Å². The first-order valence-corrected chi connectivity index (χ1v) is 6.44. The smallest absolute Gasteiger partial charge is 0.407 e. The molecule has 1 rings (SSSR count). The molecule has 1 amide bonds. The van der Waals surface area contributed by atoms with Gasteiger partial charge in [0.2, 0.25) is 0 Å². The van der Waals surface area contributed by atoms with Gasteiger partial charge in [0.15, 0.2) is 0 Å². The van der Waals surface area contributed by atoms with Gasteiger partial charge >= 0.3 is 6.09 Å². The molecule has 1 atom stereocenters. The van der Waals surface area contributed by atoms with Crippen LogP contribution in [0.5, 0.6) is 0 Å². The van der Waals surface area contributed by atoms with Gasteiger partial charge < -0.3 is 10.1 Å². The van der Waals surface area contributed by atoms with E-state index in [1.165, 1.54) is 5.56 Å². The molecule has 100 valence electrons. The van der Waals surface area contributed by atoms with Crippen LogP contribution in [0.25, 0.3) is 0 Å². The fourth-order valence-electron chi connectivity index (χ4n) is 1.67. The maximum Gasteiger partial charge on any atom is 0.407 e. The summed E-state index contributed by atoms with van der Waals surface area (Å²) in [6.45, 7) is 7.66. The molecule has 0 radical (unpaired) electrons. The largest absolute Gasteiger partial charge is 0.444 e. The number of alkyl carbamates (subject to hydrolysis) is 1. The summed E-state index contributed by atoms with van der Waals surface area (Å²) in [5.41, 5.74) is 0.773. The highest BCUT2D eigenvalue weighted by Gasteiger charge is 2.18. The van der Waals surface area contributed by atoms with Crippen molar-refractivity contribution in [3.8, 4) is 0 Å². The second-order valence-corrected chi connectivity index (χ2v) is 5.44. The van der Waals surface area contributed by atoms with Crippen LogP contribution in [-0.2, 0) is 11.2 Å². The Morgan fingerprint density at radius 1 is 1.28 bits per heavy atom. The van der Waals surface area contributed by atoms with E-state index in [0.29, 0.717) is 0 Å². The second kappa shape index (κ2) is 6.43. The molecule has 0 saturated carbocycles. The number of benzene rings is 1. The SMILES string of the molecule is CC[C@@H](Cc1ccccc1)NC(=O)OC(C)(C)C. The molecule has 0 aliphatic heterocycles. The van der Waals surface area contributed by atoms with Crippen LogP contribution < -0.4 is 5.32 Å². The molecule has 0 aromatic heterocycles. The lowest BCUT2D eigenvalue weighted by atomic mass is 10.0. The van der Waals surface area contributed by atoms with Crippen LogP contribution in [0.3, 0.4) is 0 Å². The maximum absolute atomic E-state index is 11.7. The Hall–Kier alpha value is -1.51. The number of amides is 1. The zero-order valence-corrected chi connectivity index (χ0v) is 11.7. The quantitative estimate of drug-likeness (QED) is 0.886. The summed E-state index contributed by atoms with van der Waals surface area (Å²) in [4.78, 5) is 11.7. The first-order chi connectivity index (χ1) is 8.40. The van der Waals surface area contributed by atoms with Gasteiger partial charge in [-0.1, -0.05) is 37.3 Å². The van der Waals surface area contributed by atoms with Crippen molar-refractivity contribution in [3.63, 3.8) is 0 Å². The van der Waals surface area contributed by atoms with Gasteiger partial charge in [0, 0.05) is 6.04 Å². The molecule has 0 saturated heterocycles. The van der Waals surface area contributed by atoms with Gasteiger partial charge in [-0.25, -0.2) is 4.79 Å². The molecule has 0 unspecified atom stereocenters. The Bertz CT molecular complexity index is 368. The highest BCUT2D eigenvalue weighted by atomic mass is 16.6. The lowest BCUT2D eigenvalue weighted by Crippen LogP contribution is -2.39. The van der Waals surface area contributed by atoms with Gasteiger partial charge in [0.05, 0.1) is 0 Å². The van der Waals surface area contributed by atoms with Gasteiger partial charge in [0.1, 0.15) is 5.60 Å². The van der Waals surface area contributed by atoms with E-state index in [4.69, 9.17) is 4.74 Å². The number of nitrogens with one attached hydrogen (secondary N) is 1. The minimum atomic E-state index is -0.449. The molecule has 0 heterocycles. The Balaban J connectivity index is 2.50. The summed E-state index contributed by atoms with van der Waals surface area (Å²) in [6.07, 6.45) is 1.37. The van der Waals surface area contributed by atoms with Gasteiger partial charge in [-0.3, -0.25) is 0 Å². The predicted molar refractivity (Wildman–Crippen MR) is 73.6 cm³/mol. The normalized spacial score (nSPS) is 12.9. The molecule has 1 N–H and O–H groups in total. The van der Waals surface area contributed by atoms with E-state index in [1.54, 1.807) is 0 Å². The van der Waals surface area contributed by atoms with Gasteiger partial charge in [-0.2, -0.15) is 0 Å². The van der Waals surface area contributed by atoms with Crippen molar-refractivity contribution < 1.29 is 9.53 Å². The van der Waals surface area contributed by atoms with Crippen LogP contribution in [0, 0.1) is 0 Å². The summed E-state index contributed by atoms with van der Waals surface area (Å²) in [6, 6.07) is 10.3. The third-order valence-electron chi connectivity index (χ3n) is 2.54. The predicted octanol–water partition coefficient (Wildman–Crippen LogP) is 3.53. The minimum absolute atomic E-state index is 0.113. The highest BCUT2D eigenvalue weighted by molar-refractivity contribution is 5.68. The Morgan fingerprint density at radius 2 is 1.89 bits per heavy atom. The van der Waals surface area contributed by atoms with E-state index in [0.717, 1.165) is 12.8 Å². The monoisotopic (exact) mass is 249 g/mol. The third-order valence-corrected chi connectivity index (χ3v) is 2.54. The van der Waals surface area contributed by atoms with Gasteiger partial charge in [-0.05, 0) is 39.2 Å². The summed E-state index contributed by atoms with van der Waals surface area (Å²) >= 11 is 0. The van der Waals surface area contributed by atoms with Gasteiger partial charge in [0.25, 0.3) is 0 Å². The maximum atomic E-state index is 11.7. The fraction of sp³-hybridized carbons (Fsp3) is 0.533. The molecule has 18 heavy (non-hydrogen) atoms. The number of rotatable bonds is 4. The van der Waals surface area contributed by atoms with Crippen molar-refractivity contribution in [2.45, 2.75) is 52.2 Å². The fourth-order valence-corrected chi connectivity index (χ4v) is 1.67. The summed E-state index contributed by atoms with van der Waals surface area (Å²) < 4.78 is 5.26. The van der Waals surface area contributed by atoms with E-state index in [1.807, 2.05) is 39.0 Å². The third kappa shape index (κ3) is 5.71. The van der Waals surface area contributed by atoms with Crippen LogP contribution in [-0.4, -0.2) is 17.7 Å². The van der Waals surface area contributed by atoms with Crippen molar-refractivity contribution >= 4 is 6.09 Å². The Kier molecular flexibility index (Phi) is 5.20. The average Bonchev–Trinajstić information content (AvgIpc) is 2.27. The minimum Gasteiger partial charge on any atom is -0.444 e. The number of hydrogen-bond donors (Lipinski definition) is 1. The van der Waals surface area contributed by atoms with Crippen molar-refractivity contribution in [2.24, 2.45) is 0 Å². The molecule has 0 bridgehead atoms. The second-order valence-electron chi connectivity index (χ2n) is 5.44. The Labute approximate surface area is 110 Å². The first-order valence-electron chi connectivity index (χ1n) is 6.44. The van der Waals surface area contributed by atoms with Crippen molar-refractivity contribution in [3.05, 3.63) is 35.9 Å².